The van der Waals surface area contributed by atoms with Gasteiger partial charge in [0.25, 0.3) is 0 Å². The van der Waals surface area contributed by atoms with Gasteiger partial charge >= 0.3 is 0 Å². The molecule has 1 heterocycles. The van der Waals surface area contributed by atoms with E-state index < -0.39 is 0 Å². The summed E-state index contributed by atoms with van der Waals surface area (Å²) in [4.78, 5) is 6.46. The van der Waals surface area contributed by atoms with Gasteiger partial charge in [0.2, 0.25) is 0 Å². The van der Waals surface area contributed by atoms with E-state index in [-0.39, 0.29) is 11.9 Å². The standard InChI is InChI=1S/C16H19ClFN3/c1-11-4-3-5-13(20-11)10-21(2)16(9-19)14-7-6-12(17)8-15(14)18/h3-8,16H,9-10,19H2,1-2H3. The molecule has 0 aliphatic carbocycles. The lowest BCUT2D eigenvalue weighted by atomic mass is 10.0. The zero-order chi connectivity index (χ0) is 15.4. The van der Waals surface area contributed by atoms with E-state index in [4.69, 9.17) is 17.3 Å². The molecule has 0 amide bonds. The average molecular weight is 308 g/mol. The smallest absolute Gasteiger partial charge is 0.129 e. The minimum atomic E-state index is -0.331. The summed E-state index contributed by atoms with van der Waals surface area (Å²) in [6.45, 7) is 2.87. The van der Waals surface area contributed by atoms with Gasteiger partial charge in [0, 0.05) is 29.4 Å². The topological polar surface area (TPSA) is 42.1 Å². The fourth-order valence-electron chi connectivity index (χ4n) is 2.37. The number of likely N-dealkylation sites (N-methyl/N-ethyl adjacent to an activating group) is 1. The lowest BCUT2D eigenvalue weighted by molar-refractivity contribution is 0.234. The molecule has 21 heavy (non-hydrogen) atoms. The molecule has 0 saturated heterocycles. The van der Waals surface area contributed by atoms with Crippen LogP contribution in [-0.2, 0) is 6.54 Å². The maximum atomic E-state index is 14.1. The van der Waals surface area contributed by atoms with Crippen LogP contribution in [0.25, 0.3) is 0 Å². The number of pyridine rings is 1. The van der Waals surface area contributed by atoms with Gasteiger partial charge < -0.3 is 5.73 Å². The summed E-state index contributed by atoms with van der Waals surface area (Å²) in [6, 6.07) is 10.3. The fourth-order valence-corrected chi connectivity index (χ4v) is 2.53. The predicted molar refractivity (Wildman–Crippen MR) is 83.6 cm³/mol. The fraction of sp³-hybridized carbons (Fsp3) is 0.312. The summed E-state index contributed by atoms with van der Waals surface area (Å²) in [5, 5.41) is 0.384. The van der Waals surface area contributed by atoms with E-state index in [0.717, 1.165) is 11.4 Å². The summed E-state index contributed by atoms with van der Waals surface area (Å²) in [5.74, 6) is -0.331. The Bertz CT molecular complexity index is 618. The van der Waals surface area contributed by atoms with Crippen LogP contribution in [0, 0.1) is 12.7 Å². The third-order valence-electron chi connectivity index (χ3n) is 3.43. The molecule has 0 spiro atoms. The van der Waals surface area contributed by atoms with Crippen molar-refractivity contribution in [1.29, 1.82) is 0 Å². The average Bonchev–Trinajstić information content (AvgIpc) is 2.42. The van der Waals surface area contributed by atoms with Crippen molar-refractivity contribution in [3.8, 4) is 0 Å². The lowest BCUT2D eigenvalue weighted by Crippen LogP contribution is -2.31. The van der Waals surface area contributed by atoms with Crippen molar-refractivity contribution in [2.45, 2.75) is 19.5 Å². The van der Waals surface area contributed by atoms with Gasteiger partial charge in [-0.2, -0.15) is 0 Å². The van der Waals surface area contributed by atoms with Crippen LogP contribution < -0.4 is 5.73 Å². The Kier molecular flexibility index (Phi) is 5.28. The molecule has 1 aromatic heterocycles. The van der Waals surface area contributed by atoms with Crippen molar-refractivity contribution >= 4 is 11.6 Å². The number of halogens is 2. The van der Waals surface area contributed by atoms with Crippen LogP contribution in [0.5, 0.6) is 0 Å². The van der Waals surface area contributed by atoms with E-state index in [9.17, 15) is 4.39 Å². The monoisotopic (exact) mass is 307 g/mol. The summed E-state index contributed by atoms with van der Waals surface area (Å²) in [7, 11) is 1.91. The van der Waals surface area contributed by atoms with Crippen LogP contribution in [0.4, 0.5) is 4.39 Å². The van der Waals surface area contributed by atoms with Gasteiger partial charge in [0.05, 0.1) is 11.7 Å². The van der Waals surface area contributed by atoms with E-state index >= 15 is 0 Å². The number of benzene rings is 1. The lowest BCUT2D eigenvalue weighted by Gasteiger charge is -2.27. The second-order valence-corrected chi connectivity index (χ2v) is 5.54. The molecule has 0 fully saturated rings. The molecule has 2 N–H and O–H groups in total. The number of nitrogens with two attached hydrogens (primary N) is 1. The van der Waals surface area contributed by atoms with E-state index in [1.165, 1.54) is 6.07 Å². The molecule has 1 atom stereocenters. The molecular weight excluding hydrogens is 289 g/mol. The van der Waals surface area contributed by atoms with Crippen molar-refractivity contribution in [2.75, 3.05) is 13.6 Å². The summed E-state index contributed by atoms with van der Waals surface area (Å²) >= 11 is 5.80. The van der Waals surface area contributed by atoms with E-state index in [2.05, 4.69) is 4.98 Å². The minimum Gasteiger partial charge on any atom is -0.329 e. The third-order valence-corrected chi connectivity index (χ3v) is 3.67. The Hall–Kier alpha value is -1.49. The van der Waals surface area contributed by atoms with Crippen LogP contribution in [-0.4, -0.2) is 23.5 Å². The van der Waals surface area contributed by atoms with Crippen LogP contribution >= 0.6 is 11.6 Å². The van der Waals surface area contributed by atoms with E-state index in [1.54, 1.807) is 12.1 Å². The van der Waals surface area contributed by atoms with Crippen molar-refractivity contribution < 1.29 is 4.39 Å². The van der Waals surface area contributed by atoms with Crippen molar-refractivity contribution in [3.63, 3.8) is 0 Å². The molecule has 2 rings (SSSR count). The minimum absolute atomic E-state index is 0.218. The molecule has 0 bridgehead atoms. The first-order valence-corrected chi connectivity index (χ1v) is 7.17. The highest BCUT2D eigenvalue weighted by molar-refractivity contribution is 6.30. The van der Waals surface area contributed by atoms with Crippen molar-refractivity contribution in [3.05, 3.63) is 64.2 Å². The van der Waals surface area contributed by atoms with Crippen LogP contribution in [0.2, 0.25) is 5.02 Å². The SMILES string of the molecule is Cc1cccc(CN(C)C(CN)c2ccc(Cl)cc2F)n1. The normalized spacial score (nSPS) is 12.7. The molecule has 2 aromatic rings. The van der Waals surface area contributed by atoms with Gasteiger partial charge in [-0.15, -0.1) is 0 Å². The predicted octanol–water partition coefficient (Wildman–Crippen LogP) is 3.31. The molecule has 5 heteroatoms. The maximum absolute atomic E-state index is 14.1. The first kappa shape index (κ1) is 15.9. The molecule has 112 valence electrons. The van der Waals surface area contributed by atoms with Gasteiger partial charge in [0.15, 0.2) is 0 Å². The Morgan fingerprint density at radius 1 is 1.33 bits per heavy atom. The quantitative estimate of drug-likeness (QED) is 0.921. The maximum Gasteiger partial charge on any atom is 0.129 e. The zero-order valence-electron chi connectivity index (χ0n) is 12.2. The molecule has 3 nitrogen and oxygen atoms in total. The summed E-state index contributed by atoms with van der Waals surface area (Å²) in [5.41, 5.74) is 8.28. The molecule has 1 unspecified atom stereocenters. The number of rotatable bonds is 5. The van der Waals surface area contributed by atoms with Crippen molar-refractivity contribution in [2.24, 2.45) is 5.73 Å². The Balaban J connectivity index is 2.20. The van der Waals surface area contributed by atoms with Crippen LogP contribution in [0.3, 0.4) is 0 Å². The van der Waals surface area contributed by atoms with Crippen LogP contribution in [0.15, 0.2) is 36.4 Å². The van der Waals surface area contributed by atoms with Gasteiger partial charge in [-0.3, -0.25) is 9.88 Å². The number of nitrogens with zero attached hydrogens (tertiary/aromatic N) is 2. The molecular formula is C16H19ClFN3. The molecule has 1 aromatic carbocycles. The largest absolute Gasteiger partial charge is 0.329 e. The first-order valence-electron chi connectivity index (χ1n) is 6.79. The Labute approximate surface area is 129 Å². The molecule has 0 aliphatic heterocycles. The highest BCUT2D eigenvalue weighted by Crippen LogP contribution is 2.25. The second kappa shape index (κ2) is 6.98. The number of aryl methyl sites for hydroxylation is 1. The van der Waals surface area contributed by atoms with Gasteiger partial charge in [-0.25, -0.2) is 4.39 Å². The van der Waals surface area contributed by atoms with Crippen molar-refractivity contribution in [1.82, 2.24) is 9.88 Å². The second-order valence-electron chi connectivity index (χ2n) is 5.10. The Morgan fingerprint density at radius 2 is 2.10 bits per heavy atom. The van der Waals surface area contributed by atoms with E-state index in [0.29, 0.717) is 23.7 Å². The Morgan fingerprint density at radius 3 is 2.71 bits per heavy atom. The molecule has 0 radical (unpaired) electrons. The van der Waals surface area contributed by atoms with Gasteiger partial charge in [-0.05, 0) is 38.2 Å². The number of hydrogen-bond donors (Lipinski definition) is 1. The number of hydrogen-bond acceptors (Lipinski definition) is 3. The highest BCUT2D eigenvalue weighted by Gasteiger charge is 2.19. The molecule has 0 aliphatic rings. The third kappa shape index (κ3) is 4.00. The zero-order valence-corrected chi connectivity index (χ0v) is 12.9. The van der Waals surface area contributed by atoms with Gasteiger partial charge in [-0.1, -0.05) is 23.7 Å². The summed E-state index contributed by atoms with van der Waals surface area (Å²) in [6.07, 6.45) is 0. The number of aromatic nitrogens is 1. The van der Waals surface area contributed by atoms with Gasteiger partial charge in [0.1, 0.15) is 5.82 Å². The van der Waals surface area contributed by atoms with E-state index in [1.807, 2.05) is 37.1 Å². The van der Waals surface area contributed by atoms with Crippen LogP contribution in [0.1, 0.15) is 23.0 Å². The molecule has 0 saturated carbocycles. The highest BCUT2D eigenvalue weighted by atomic mass is 35.5. The summed E-state index contributed by atoms with van der Waals surface area (Å²) < 4.78 is 14.1. The first-order chi connectivity index (χ1) is 10.0.